The van der Waals surface area contributed by atoms with E-state index in [1.54, 1.807) is 12.1 Å². The van der Waals surface area contributed by atoms with Crippen molar-refractivity contribution in [2.45, 2.75) is 25.8 Å². The van der Waals surface area contributed by atoms with Crippen LogP contribution in [0.25, 0.3) is 22.2 Å². The Balaban J connectivity index is 1.36. The van der Waals surface area contributed by atoms with Crippen LogP contribution in [0.3, 0.4) is 0 Å². The van der Waals surface area contributed by atoms with Crippen LogP contribution in [0.15, 0.2) is 83.7 Å². The Labute approximate surface area is 203 Å². The number of carbonyl (C=O) groups excluding carboxylic acids is 1. The number of carbonyl (C=O) groups is 1. The van der Waals surface area contributed by atoms with Crippen molar-refractivity contribution in [1.29, 1.82) is 0 Å². The lowest BCUT2D eigenvalue weighted by atomic mass is 9.90. The number of benzene rings is 3. The minimum atomic E-state index is -0.430. The van der Waals surface area contributed by atoms with Gasteiger partial charge >= 0.3 is 5.69 Å². The van der Waals surface area contributed by atoms with E-state index in [2.05, 4.69) is 29.2 Å². The van der Waals surface area contributed by atoms with E-state index in [-0.39, 0.29) is 12.5 Å². The molecular weight excluding hydrogens is 446 g/mol. The van der Waals surface area contributed by atoms with Crippen molar-refractivity contribution in [3.05, 3.63) is 99.9 Å². The summed E-state index contributed by atoms with van der Waals surface area (Å²) in [5.41, 5.74) is 2.99. The van der Waals surface area contributed by atoms with Gasteiger partial charge in [0.25, 0.3) is 0 Å². The van der Waals surface area contributed by atoms with Crippen molar-refractivity contribution >= 4 is 28.4 Å². The smallest absolute Gasteiger partial charge is 0.341 e. The fraction of sp³-hybridized carbons (Fsp3) is 0.250. The molecule has 0 spiro atoms. The summed E-state index contributed by atoms with van der Waals surface area (Å²) >= 11 is 6.28. The molecule has 5 rings (SSSR count). The lowest BCUT2D eigenvalue weighted by molar-refractivity contribution is -0.133. The average molecular weight is 472 g/mol. The van der Waals surface area contributed by atoms with E-state index in [0.717, 1.165) is 30.2 Å². The van der Waals surface area contributed by atoms with Crippen LogP contribution < -0.4 is 5.69 Å². The van der Waals surface area contributed by atoms with Gasteiger partial charge < -0.3 is 4.90 Å². The van der Waals surface area contributed by atoms with Crippen LogP contribution in [-0.2, 0) is 17.8 Å². The second-order valence-corrected chi connectivity index (χ2v) is 9.31. The van der Waals surface area contributed by atoms with Crippen molar-refractivity contribution in [2.75, 3.05) is 13.1 Å². The first kappa shape index (κ1) is 22.4. The molecule has 1 aromatic heterocycles. The van der Waals surface area contributed by atoms with Crippen LogP contribution in [-0.4, -0.2) is 33.4 Å². The number of hydrogen-bond acceptors (Lipinski definition) is 3. The van der Waals surface area contributed by atoms with Gasteiger partial charge in [-0.3, -0.25) is 9.36 Å². The molecule has 5 nitrogen and oxygen atoms in total. The third-order valence-corrected chi connectivity index (χ3v) is 6.85. The molecule has 4 aromatic rings. The molecule has 1 fully saturated rings. The number of piperidine rings is 1. The minimum Gasteiger partial charge on any atom is -0.341 e. The van der Waals surface area contributed by atoms with Gasteiger partial charge in [-0.25, -0.2) is 4.79 Å². The Morgan fingerprint density at radius 3 is 2.32 bits per heavy atom. The van der Waals surface area contributed by atoms with E-state index in [4.69, 9.17) is 11.6 Å². The van der Waals surface area contributed by atoms with Crippen molar-refractivity contribution in [3.63, 3.8) is 0 Å². The minimum absolute atomic E-state index is 0.0254. The van der Waals surface area contributed by atoms with E-state index in [9.17, 15) is 9.59 Å². The number of halogens is 1. The standard InChI is InChI=1S/C28H26ClN3O2/c29-23-11-12-25-24(18-23)27(22-9-5-2-6-10-22)30-28(34)32(25)19-26(33)31-15-13-21(14-16-31)17-20-7-3-1-4-8-20/h1-12,18,21H,13-17,19H2. The van der Waals surface area contributed by atoms with Crippen LogP contribution >= 0.6 is 11.6 Å². The molecule has 6 heteroatoms. The first-order valence-electron chi connectivity index (χ1n) is 11.7. The first-order valence-corrected chi connectivity index (χ1v) is 12.0. The van der Waals surface area contributed by atoms with Gasteiger partial charge in [0.15, 0.2) is 0 Å². The quantitative estimate of drug-likeness (QED) is 0.402. The maximum Gasteiger partial charge on any atom is 0.349 e. The molecule has 1 aliphatic rings. The molecule has 2 heterocycles. The van der Waals surface area contributed by atoms with Crippen LogP contribution in [0.1, 0.15) is 18.4 Å². The van der Waals surface area contributed by atoms with Crippen LogP contribution in [0.4, 0.5) is 0 Å². The van der Waals surface area contributed by atoms with E-state index in [1.807, 2.05) is 47.4 Å². The summed E-state index contributed by atoms with van der Waals surface area (Å²) in [5, 5.41) is 1.32. The van der Waals surface area contributed by atoms with Crippen molar-refractivity contribution in [2.24, 2.45) is 5.92 Å². The monoisotopic (exact) mass is 471 g/mol. The van der Waals surface area contributed by atoms with Gasteiger partial charge in [-0.2, -0.15) is 4.98 Å². The molecule has 0 aliphatic carbocycles. The second kappa shape index (κ2) is 9.82. The highest BCUT2D eigenvalue weighted by molar-refractivity contribution is 6.31. The number of fused-ring (bicyclic) bond motifs is 1. The van der Waals surface area contributed by atoms with Gasteiger partial charge in [-0.15, -0.1) is 0 Å². The fourth-order valence-electron chi connectivity index (χ4n) is 4.79. The van der Waals surface area contributed by atoms with Crippen molar-refractivity contribution in [1.82, 2.24) is 14.5 Å². The predicted molar refractivity (Wildman–Crippen MR) is 136 cm³/mol. The molecule has 0 unspecified atom stereocenters. The summed E-state index contributed by atoms with van der Waals surface area (Å²) in [6.45, 7) is 1.40. The normalized spacial score (nSPS) is 14.4. The van der Waals surface area contributed by atoms with Crippen LogP contribution in [0.5, 0.6) is 0 Å². The highest BCUT2D eigenvalue weighted by Crippen LogP contribution is 2.28. The lowest BCUT2D eigenvalue weighted by Gasteiger charge is -2.32. The largest absolute Gasteiger partial charge is 0.349 e. The number of likely N-dealkylation sites (tertiary alicyclic amines) is 1. The molecule has 0 atom stereocenters. The van der Waals surface area contributed by atoms with Gasteiger partial charge in [-0.05, 0) is 48.9 Å². The third-order valence-electron chi connectivity index (χ3n) is 6.62. The van der Waals surface area contributed by atoms with E-state index >= 15 is 0 Å². The molecule has 1 aliphatic heterocycles. The fourth-order valence-corrected chi connectivity index (χ4v) is 4.96. The molecule has 3 aromatic carbocycles. The van der Waals surface area contributed by atoms with Gasteiger partial charge in [-0.1, -0.05) is 72.3 Å². The third kappa shape index (κ3) is 4.75. The molecular formula is C28H26ClN3O2. The topological polar surface area (TPSA) is 55.2 Å². The number of hydrogen-bond donors (Lipinski definition) is 0. The number of rotatable bonds is 5. The number of aromatic nitrogens is 2. The molecule has 0 radical (unpaired) electrons. The zero-order valence-corrected chi connectivity index (χ0v) is 19.6. The Hall–Kier alpha value is -3.44. The summed E-state index contributed by atoms with van der Waals surface area (Å²) in [4.78, 5) is 32.4. The van der Waals surface area contributed by atoms with Crippen molar-refractivity contribution in [3.8, 4) is 11.3 Å². The Morgan fingerprint density at radius 2 is 1.62 bits per heavy atom. The van der Waals surface area contributed by atoms with E-state index in [1.165, 1.54) is 10.1 Å². The molecule has 34 heavy (non-hydrogen) atoms. The average Bonchev–Trinajstić information content (AvgIpc) is 2.87. The van der Waals surface area contributed by atoms with Crippen LogP contribution in [0.2, 0.25) is 5.02 Å². The maximum atomic E-state index is 13.2. The molecule has 0 N–H and O–H groups in total. The Bertz CT molecular complexity index is 1360. The summed E-state index contributed by atoms with van der Waals surface area (Å²) in [7, 11) is 0. The first-order chi connectivity index (χ1) is 16.6. The van der Waals surface area contributed by atoms with Gasteiger partial charge in [0.2, 0.25) is 5.91 Å². The second-order valence-electron chi connectivity index (χ2n) is 8.87. The van der Waals surface area contributed by atoms with Gasteiger partial charge in [0.1, 0.15) is 6.54 Å². The predicted octanol–water partition coefficient (Wildman–Crippen LogP) is 5.20. The highest BCUT2D eigenvalue weighted by atomic mass is 35.5. The number of nitrogens with zero attached hydrogens (tertiary/aromatic N) is 3. The zero-order valence-electron chi connectivity index (χ0n) is 18.9. The zero-order chi connectivity index (χ0) is 23.5. The molecule has 0 saturated carbocycles. The van der Waals surface area contributed by atoms with Gasteiger partial charge in [0, 0.05) is 29.1 Å². The van der Waals surface area contributed by atoms with Gasteiger partial charge in [0.05, 0.1) is 11.2 Å². The molecule has 172 valence electrons. The summed E-state index contributed by atoms with van der Waals surface area (Å²) in [6, 6.07) is 25.4. The molecule has 0 bridgehead atoms. The highest BCUT2D eigenvalue weighted by Gasteiger charge is 2.24. The summed E-state index contributed by atoms with van der Waals surface area (Å²) in [5.74, 6) is 0.523. The van der Waals surface area contributed by atoms with Crippen LogP contribution in [0, 0.1) is 5.92 Å². The summed E-state index contributed by atoms with van der Waals surface area (Å²) < 4.78 is 1.47. The lowest BCUT2D eigenvalue weighted by Crippen LogP contribution is -2.42. The van der Waals surface area contributed by atoms with E-state index < -0.39 is 5.69 Å². The molecule has 1 saturated heterocycles. The van der Waals surface area contributed by atoms with Crippen molar-refractivity contribution < 1.29 is 4.79 Å². The Kier molecular flexibility index (Phi) is 6.45. The maximum absolute atomic E-state index is 13.2. The number of amides is 1. The summed E-state index contributed by atoms with van der Waals surface area (Å²) in [6.07, 6.45) is 2.98. The Morgan fingerprint density at radius 1 is 0.941 bits per heavy atom. The van der Waals surface area contributed by atoms with E-state index in [0.29, 0.717) is 35.2 Å². The molecule has 1 amide bonds. The SMILES string of the molecule is O=C(Cn1c(=O)nc(-c2ccccc2)c2cc(Cl)ccc21)N1CCC(Cc2ccccc2)CC1.